The van der Waals surface area contributed by atoms with Gasteiger partial charge in [0.2, 0.25) is 0 Å². The maximum absolute atomic E-state index is 14.1. The summed E-state index contributed by atoms with van der Waals surface area (Å²) >= 11 is 1.52. The highest BCUT2D eigenvalue weighted by Gasteiger charge is 2.63. The van der Waals surface area contributed by atoms with E-state index in [1.807, 2.05) is 30.5 Å². The largest absolute Gasteiger partial charge is 0.344 e. The van der Waals surface area contributed by atoms with E-state index in [9.17, 15) is 22.4 Å². The fourth-order valence-corrected chi connectivity index (χ4v) is 5.73. The molecule has 40 heavy (non-hydrogen) atoms. The molecule has 0 saturated carbocycles. The van der Waals surface area contributed by atoms with Gasteiger partial charge in [-0.2, -0.15) is 22.7 Å². The van der Waals surface area contributed by atoms with Crippen molar-refractivity contribution in [2.45, 2.75) is 51.5 Å². The Morgan fingerprint density at radius 2 is 1.80 bits per heavy atom. The molecule has 0 aliphatic carbocycles. The summed E-state index contributed by atoms with van der Waals surface area (Å²) in [6.07, 6.45) is 4.07. The number of thiophene rings is 1. The van der Waals surface area contributed by atoms with E-state index in [0.29, 0.717) is 23.3 Å². The molecule has 4 aromatic heterocycles. The minimum atomic E-state index is -4.21. The van der Waals surface area contributed by atoms with Crippen LogP contribution in [0.15, 0.2) is 48.1 Å². The predicted octanol–water partition coefficient (Wildman–Crippen LogP) is 6.30. The van der Waals surface area contributed by atoms with E-state index in [1.54, 1.807) is 16.8 Å². The third kappa shape index (κ3) is 5.34. The lowest BCUT2D eigenvalue weighted by atomic mass is 10.0. The lowest BCUT2D eigenvalue weighted by Gasteiger charge is -2.26. The molecule has 1 saturated heterocycles. The number of fused-ring (bicyclic) bond motifs is 1. The maximum atomic E-state index is 14.1. The second-order valence-corrected chi connectivity index (χ2v) is 11.0. The number of ketones is 1. The van der Waals surface area contributed by atoms with Gasteiger partial charge in [0.15, 0.2) is 11.4 Å². The van der Waals surface area contributed by atoms with Crippen LogP contribution in [0, 0.1) is 0 Å². The Hall–Kier alpha value is -3.38. The number of rotatable bonds is 10. The lowest BCUT2D eigenvalue weighted by Crippen LogP contribution is -2.38. The van der Waals surface area contributed by atoms with Crippen LogP contribution < -0.4 is 4.90 Å². The average Bonchev–Trinajstić information content (AvgIpc) is 3.65. The van der Waals surface area contributed by atoms with E-state index in [1.165, 1.54) is 23.6 Å². The van der Waals surface area contributed by atoms with Crippen molar-refractivity contribution in [2.75, 3.05) is 31.1 Å². The number of halogens is 4. The third-order valence-corrected chi connectivity index (χ3v) is 8.31. The normalized spacial score (nSPS) is 17.1. The number of Topliss-reactive ketones (excluding diaryl/α,β-unsaturated/α-hetero) is 1. The zero-order valence-electron chi connectivity index (χ0n) is 22.5. The Morgan fingerprint density at radius 3 is 2.45 bits per heavy atom. The molecule has 0 unspecified atom stereocenters. The topological polar surface area (TPSA) is 66.6 Å². The molecular weight excluding hydrogens is 544 g/mol. The van der Waals surface area contributed by atoms with E-state index < -0.39 is 24.9 Å². The second-order valence-electron chi connectivity index (χ2n) is 10.0. The predicted molar refractivity (Wildman–Crippen MR) is 148 cm³/mol. The molecule has 0 N–H and O–H groups in total. The SMILES string of the molecule is CCN(CC)[C@@H](C)CCC(=O)c1cc(-c2cnn3ccc(-c4cccs4)nc23)nc(N2CC(F)(F)C(F)(F)C2)c1. The number of pyridine rings is 1. The van der Waals surface area contributed by atoms with Crippen LogP contribution in [0.4, 0.5) is 23.4 Å². The van der Waals surface area contributed by atoms with E-state index >= 15 is 0 Å². The monoisotopic (exact) mass is 574 g/mol. The molecule has 0 spiro atoms. The van der Waals surface area contributed by atoms with Crippen LogP contribution in [-0.2, 0) is 0 Å². The first-order valence-corrected chi connectivity index (χ1v) is 14.1. The van der Waals surface area contributed by atoms with E-state index in [0.717, 1.165) is 22.9 Å². The quantitative estimate of drug-likeness (QED) is 0.164. The molecule has 12 heteroatoms. The van der Waals surface area contributed by atoms with Gasteiger partial charge in [-0.3, -0.25) is 4.79 Å². The van der Waals surface area contributed by atoms with Gasteiger partial charge >= 0.3 is 11.8 Å². The zero-order valence-corrected chi connectivity index (χ0v) is 23.3. The molecular formula is C28H30F4N6OS. The van der Waals surface area contributed by atoms with Gasteiger partial charge in [-0.25, -0.2) is 14.5 Å². The lowest BCUT2D eigenvalue weighted by molar-refractivity contribution is -0.172. The van der Waals surface area contributed by atoms with Crippen molar-refractivity contribution in [3.8, 4) is 21.8 Å². The van der Waals surface area contributed by atoms with Crippen molar-refractivity contribution in [1.82, 2.24) is 24.5 Å². The Labute approximate surface area is 233 Å². The summed E-state index contributed by atoms with van der Waals surface area (Å²) in [7, 11) is 0. The molecule has 7 nitrogen and oxygen atoms in total. The molecule has 0 aromatic carbocycles. The summed E-state index contributed by atoms with van der Waals surface area (Å²) in [6, 6.07) is 8.73. The Balaban J connectivity index is 1.54. The maximum Gasteiger partial charge on any atom is 0.329 e. The van der Waals surface area contributed by atoms with Crippen LogP contribution in [0.25, 0.3) is 27.5 Å². The number of hydrogen-bond acceptors (Lipinski definition) is 7. The molecule has 1 atom stereocenters. The smallest absolute Gasteiger partial charge is 0.329 e. The van der Waals surface area contributed by atoms with E-state index in [-0.39, 0.29) is 35.3 Å². The number of carbonyl (C=O) groups excluding carboxylic acids is 1. The summed E-state index contributed by atoms with van der Waals surface area (Å²) in [5.74, 6) is -8.75. The number of aromatic nitrogens is 4. The van der Waals surface area contributed by atoms with Crippen LogP contribution in [0.1, 0.15) is 44.0 Å². The van der Waals surface area contributed by atoms with Crippen molar-refractivity contribution in [3.63, 3.8) is 0 Å². The molecule has 4 aromatic rings. The first kappa shape index (κ1) is 28.2. The van der Waals surface area contributed by atoms with Crippen LogP contribution >= 0.6 is 11.3 Å². The molecule has 1 fully saturated rings. The van der Waals surface area contributed by atoms with Gasteiger partial charge < -0.3 is 9.80 Å². The Bertz CT molecular complexity index is 1490. The Morgan fingerprint density at radius 1 is 1.07 bits per heavy atom. The minimum Gasteiger partial charge on any atom is -0.344 e. The van der Waals surface area contributed by atoms with Gasteiger partial charge in [0.05, 0.1) is 41.1 Å². The van der Waals surface area contributed by atoms with Gasteiger partial charge in [-0.1, -0.05) is 19.9 Å². The van der Waals surface area contributed by atoms with E-state index in [2.05, 4.69) is 28.8 Å². The molecule has 1 aliphatic rings. The summed E-state index contributed by atoms with van der Waals surface area (Å²) in [6.45, 7) is 5.47. The molecule has 5 heterocycles. The number of hydrogen-bond donors (Lipinski definition) is 0. The van der Waals surface area contributed by atoms with Crippen molar-refractivity contribution in [1.29, 1.82) is 0 Å². The molecule has 5 rings (SSSR count). The van der Waals surface area contributed by atoms with Crippen LogP contribution in [-0.4, -0.2) is 74.3 Å². The number of nitrogens with zero attached hydrogens (tertiary/aromatic N) is 6. The summed E-state index contributed by atoms with van der Waals surface area (Å²) in [4.78, 5) is 26.6. The van der Waals surface area contributed by atoms with Crippen LogP contribution in [0.2, 0.25) is 0 Å². The van der Waals surface area contributed by atoms with Gasteiger partial charge in [0.1, 0.15) is 5.82 Å². The van der Waals surface area contributed by atoms with Crippen LogP contribution in [0.3, 0.4) is 0 Å². The Kier molecular flexibility index (Phi) is 7.66. The molecule has 1 aliphatic heterocycles. The molecule has 212 valence electrons. The standard InChI is InChI=1S/C28H30F4N6OS/c1-4-36(5-2)18(3)8-9-23(39)19-13-22(34-25(14-19)37-16-27(29,30)28(31,32)17-37)20-15-33-38-11-10-21(35-26(20)38)24-7-6-12-40-24/h6-7,10-15,18H,4-5,8-9,16-17H2,1-3H3/t18-/m0/s1. The van der Waals surface area contributed by atoms with E-state index in [4.69, 9.17) is 4.98 Å². The summed E-state index contributed by atoms with van der Waals surface area (Å²) in [5, 5.41) is 6.27. The zero-order chi connectivity index (χ0) is 28.7. The fourth-order valence-electron chi connectivity index (χ4n) is 5.03. The van der Waals surface area contributed by atoms with Crippen molar-refractivity contribution in [2.24, 2.45) is 0 Å². The highest BCUT2D eigenvalue weighted by Crippen LogP contribution is 2.43. The van der Waals surface area contributed by atoms with Gasteiger partial charge in [0, 0.05) is 24.2 Å². The fraction of sp³-hybridized carbons (Fsp3) is 0.429. The average molecular weight is 575 g/mol. The summed E-state index contributed by atoms with van der Waals surface area (Å²) in [5.41, 5.74) is 2.09. The van der Waals surface area contributed by atoms with Crippen molar-refractivity contribution in [3.05, 3.63) is 53.7 Å². The number of carbonyl (C=O) groups is 1. The van der Waals surface area contributed by atoms with Gasteiger partial charge in [0.25, 0.3) is 0 Å². The third-order valence-electron chi connectivity index (χ3n) is 7.42. The first-order valence-electron chi connectivity index (χ1n) is 13.2. The van der Waals surface area contributed by atoms with Crippen molar-refractivity contribution >= 4 is 28.6 Å². The minimum absolute atomic E-state index is 0.108. The number of anilines is 1. The molecule has 0 bridgehead atoms. The first-order chi connectivity index (χ1) is 19.0. The summed E-state index contributed by atoms with van der Waals surface area (Å²) < 4.78 is 58.0. The highest BCUT2D eigenvalue weighted by atomic mass is 32.1. The highest BCUT2D eigenvalue weighted by molar-refractivity contribution is 7.13. The van der Waals surface area contributed by atoms with Crippen molar-refractivity contribution < 1.29 is 22.4 Å². The van der Waals surface area contributed by atoms with Gasteiger partial charge in [-0.15, -0.1) is 11.3 Å². The molecule has 0 amide bonds. The number of alkyl halides is 4. The molecule has 0 radical (unpaired) electrons. The van der Waals surface area contributed by atoms with Gasteiger partial charge in [-0.05, 0) is 56.1 Å². The second kappa shape index (κ2) is 10.9. The van der Waals surface area contributed by atoms with Crippen LogP contribution in [0.5, 0.6) is 0 Å².